The number of hydrogen-bond acceptors (Lipinski definition) is 5. The standard InChI is InChI=1S/C16H25N5OS/c1-5-13-10-19-15(23-13)6-7-18-16(17-4)20-9-12-8-14(11(2)3)21-22-12/h8,10-11H,5-7,9H2,1-4H3,(H2,17,18,20). The number of thiazole rings is 1. The van der Waals surface area contributed by atoms with E-state index in [1.165, 1.54) is 4.88 Å². The highest BCUT2D eigenvalue weighted by Gasteiger charge is 2.08. The summed E-state index contributed by atoms with van der Waals surface area (Å²) in [4.78, 5) is 9.96. The second kappa shape index (κ2) is 8.67. The lowest BCUT2D eigenvalue weighted by Crippen LogP contribution is -2.37. The van der Waals surface area contributed by atoms with E-state index in [9.17, 15) is 0 Å². The average molecular weight is 335 g/mol. The molecule has 126 valence electrons. The van der Waals surface area contributed by atoms with Crippen molar-refractivity contribution in [2.24, 2.45) is 4.99 Å². The molecule has 2 N–H and O–H groups in total. The van der Waals surface area contributed by atoms with Crippen LogP contribution in [0.25, 0.3) is 0 Å². The zero-order valence-electron chi connectivity index (χ0n) is 14.2. The van der Waals surface area contributed by atoms with Gasteiger partial charge in [0.25, 0.3) is 0 Å². The molecule has 6 nitrogen and oxygen atoms in total. The van der Waals surface area contributed by atoms with Crippen LogP contribution in [0.1, 0.15) is 48.0 Å². The minimum absolute atomic E-state index is 0.372. The first-order valence-electron chi connectivity index (χ1n) is 7.96. The van der Waals surface area contributed by atoms with E-state index in [-0.39, 0.29) is 0 Å². The fraction of sp³-hybridized carbons (Fsp3) is 0.562. The first-order chi connectivity index (χ1) is 11.1. The van der Waals surface area contributed by atoms with Gasteiger partial charge in [0.15, 0.2) is 11.7 Å². The molecule has 0 atom stereocenters. The third kappa shape index (κ3) is 5.35. The molecule has 0 saturated heterocycles. The Morgan fingerprint density at radius 3 is 2.83 bits per heavy atom. The molecule has 0 aliphatic carbocycles. The van der Waals surface area contributed by atoms with Gasteiger partial charge in [0.2, 0.25) is 0 Å². The van der Waals surface area contributed by atoms with Crippen molar-refractivity contribution >= 4 is 17.3 Å². The number of rotatable bonds is 7. The zero-order valence-corrected chi connectivity index (χ0v) is 15.0. The number of guanidine groups is 1. The van der Waals surface area contributed by atoms with Crippen molar-refractivity contribution in [1.29, 1.82) is 0 Å². The lowest BCUT2D eigenvalue weighted by atomic mass is 10.1. The summed E-state index contributed by atoms with van der Waals surface area (Å²) in [5.41, 5.74) is 0.972. The van der Waals surface area contributed by atoms with E-state index in [1.54, 1.807) is 18.4 Å². The molecule has 0 unspecified atom stereocenters. The molecule has 0 aromatic carbocycles. The van der Waals surface area contributed by atoms with Crippen molar-refractivity contribution in [2.75, 3.05) is 13.6 Å². The molecule has 23 heavy (non-hydrogen) atoms. The Kier molecular flexibility index (Phi) is 6.58. The Morgan fingerprint density at radius 1 is 1.39 bits per heavy atom. The van der Waals surface area contributed by atoms with Gasteiger partial charge < -0.3 is 15.2 Å². The Labute approximate surface area is 141 Å². The van der Waals surface area contributed by atoms with E-state index in [0.29, 0.717) is 12.5 Å². The Hall–Kier alpha value is -1.89. The quantitative estimate of drug-likeness (QED) is 0.601. The smallest absolute Gasteiger partial charge is 0.191 e. The molecule has 0 radical (unpaired) electrons. The van der Waals surface area contributed by atoms with Crippen molar-refractivity contribution in [3.8, 4) is 0 Å². The second-order valence-electron chi connectivity index (χ2n) is 5.55. The van der Waals surface area contributed by atoms with Gasteiger partial charge in [-0.2, -0.15) is 0 Å². The summed E-state index contributed by atoms with van der Waals surface area (Å²) >= 11 is 1.77. The summed E-state index contributed by atoms with van der Waals surface area (Å²) in [7, 11) is 1.76. The minimum Gasteiger partial charge on any atom is -0.359 e. The van der Waals surface area contributed by atoms with Crippen LogP contribution in [0, 0.1) is 0 Å². The molecule has 0 aliphatic rings. The normalized spacial score (nSPS) is 12.0. The third-order valence-corrected chi connectivity index (χ3v) is 4.61. The van der Waals surface area contributed by atoms with Gasteiger partial charge in [0.05, 0.1) is 17.2 Å². The van der Waals surface area contributed by atoms with Gasteiger partial charge in [-0.15, -0.1) is 11.3 Å². The van der Waals surface area contributed by atoms with Gasteiger partial charge in [-0.05, 0) is 12.3 Å². The number of aryl methyl sites for hydroxylation is 1. The lowest BCUT2D eigenvalue weighted by Gasteiger charge is -2.09. The number of aromatic nitrogens is 2. The molecule has 0 bridgehead atoms. The molecule has 2 heterocycles. The fourth-order valence-corrected chi connectivity index (χ4v) is 2.85. The summed E-state index contributed by atoms with van der Waals surface area (Å²) in [5.74, 6) is 1.93. The molecular formula is C16H25N5OS. The number of aliphatic imine (C=N–C) groups is 1. The molecule has 0 aliphatic heterocycles. The summed E-state index contributed by atoms with van der Waals surface area (Å²) in [6.45, 7) is 7.70. The predicted molar refractivity (Wildman–Crippen MR) is 94.0 cm³/mol. The van der Waals surface area contributed by atoms with Crippen LogP contribution >= 0.6 is 11.3 Å². The molecule has 7 heteroatoms. The maximum atomic E-state index is 5.31. The van der Waals surface area contributed by atoms with E-state index in [2.05, 4.69) is 46.5 Å². The lowest BCUT2D eigenvalue weighted by molar-refractivity contribution is 0.372. The summed E-state index contributed by atoms with van der Waals surface area (Å²) in [6, 6.07) is 1.98. The van der Waals surface area contributed by atoms with Gasteiger partial charge in [-0.3, -0.25) is 4.99 Å². The Balaban J connectivity index is 1.74. The van der Waals surface area contributed by atoms with E-state index in [4.69, 9.17) is 4.52 Å². The molecule has 2 aromatic heterocycles. The molecule has 2 aromatic rings. The van der Waals surface area contributed by atoms with E-state index < -0.39 is 0 Å². The van der Waals surface area contributed by atoms with E-state index in [1.807, 2.05) is 12.3 Å². The largest absolute Gasteiger partial charge is 0.359 e. The van der Waals surface area contributed by atoms with Crippen LogP contribution in [0.3, 0.4) is 0 Å². The predicted octanol–water partition coefficient (Wildman–Crippen LogP) is 2.72. The SMILES string of the molecule is CCc1cnc(CCNC(=NC)NCc2cc(C(C)C)no2)s1. The molecule has 0 fully saturated rings. The molecule has 0 saturated carbocycles. The highest BCUT2D eigenvalue weighted by Crippen LogP contribution is 2.14. The summed E-state index contributed by atoms with van der Waals surface area (Å²) in [6.07, 6.45) is 3.90. The fourth-order valence-electron chi connectivity index (χ4n) is 1.99. The van der Waals surface area contributed by atoms with Gasteiger partial charge in [-0.25, -0.2) is 4.98 Å². The Bertz CT molecular complexity index is 632. The number of nitrogens with zero attached hydrogens (tertiary/aromatic N) is 3. The van der Waals surface area contributed by atoms with Crippen molar-refractivity contribution < 1.29 is 4.52 Å². The van der Waals surface area contributed by atoms with Crippen LogP contribution in [0.4, 0.5) is 0 Å². The first kappa shape index (κ1) is 17.5. The van der Waals surface area contributed by atoms with Crippen LogP contribution in [0.5, 0.6) is 0 Å². The zero-order chi connectivity index (χ0) is 16.7. The minimum atomic E-state index is 0.372. The van der Waals surface area contributed by atoms with Crippen LogP contribution in [0.15, 0.2) is 21.8 Å². The maximum absolute atomic E-state index is 5.31. The van der Waals surface area contributed by atoms with Crippen LogP contribution in [0.2, 0.25) is 0 Å². The van der Waals surface area contributed by atoms with Gasteiger partial charge in [0.1, 0.15) is 0 Å². The van der Waals surface area contributed by atoms with Gasteiger partial charge in [-0.1, -0.05) is 25.9 Å². The third-order valence-electron chi connectivity index (χ3n) is 3.40. The van der Waals surface area contributed by atoms with Crippen molar-refractivity contribution in [3.63, 3.8) is 0 Å². The van der Waals surface area contributed by atoms with Crippen molar-refractivity contribution in [3.05, 3.63) is 33.6 Å². The van der Waals surface area contributed by atoms with Crippen LogP contribution in [-0.4, -0.2) is 29.7 Å². The van der Waals surface area contributed by atoms with Gasteiger partial charge >= 0.3 is 0 Å². The number of hydrogen-bond donors (Lipinski definition) is 2. The molecular weight excluding hydrogens is 310 g/mol. The van der Waals surface area contributed by atoms with E-state index >= 15 is 0 Å². The highest BCUT2D eigenvalue weighted by molar-refractivity contribution is 7.11. The molecule has 0 spiro atoms. The molecule has 2 rings (SSSR count). The highest BCUT2D eigenvalue weighted by atomic mass is 32.1. The summed E-state index contributed by atoms with van der Waals surface area (Å²) < 4.78 is 5.31. The molecule has 0 amide bonds. The van der Waals surface area contributed by atoms with E-state index in [0.717, 1.165) is 41.8 Å². The number of nitrogens with one attached hydrogen (secondary N) is 2. The average Bonchev–Trinajstić information content (AvgIpc) is 3.19. The monoisotopic (exact) mass is 335 g/mol. The topological polar surface area (TPSA) is 75.3 Å². The van der Waals surface area contributed by atoms with Crippen LogP contribution in [-0.2, 0) is 19.4 Å². The second-order valence-corrected chi connectivity index (χ2v) is 6.75. The van der Waals surface area contributed by atoms with Crippen molar-refractivity contribution in [2.45, 2.75) is 46.1 Å². The Morgan fingerprint density at radius 2 is 2.22 bits per heavy atom. The summed E-state index contributed by atoms with van der Waals surface area (Å²) in [5, 5.41) is 11.7. The van der Waals surface area contributed by atoms with Crippen molar-refractivity contribution in [1.82, 2.24) is 20.8 Å². The maximum Gasteiger partial charge on any atom is 0.191 e. The van der Waals surface area contributed by atoms with Gasteiger partial charge in [0, 0.05) is 37.2 Å². The first-order valence-corrected chi connectivity index (χ1v) is 8.77. The van der Waals surface area contributed by atoms with Crippen LogP contribution < -0.4 is 10.6 Å².